The van der Waals surface area contributed by atoms with Crippen molar-refractivity contribution in [2.24, 2.45) is 0 Å². The van der Waals surface area contributed by atoms with Gasteiger partial charge < -0.3 is 8.92 Å². The molecule has 11 heteroatoms. The Morgan fingerprint density at radius 2 is 0.745 bits per heavy atom. The lowest BCUT2D eigenvalue weighted by atomic mass is 10.0. The molecule has 0 fully saturated rings. The molecule has 1 atom stereocenters. The summed E-state index contributed by atoms with van der Waals surface area (Å²) in [6, 6.07) is 0. The van der Waals surface area contributed by atoms with Crippen molar-refractivity contribution in [3.63, 3.8) is 0 Å². The third-order valence-electron chi connectivity index (χ3n) is 9.64. The molecule has 1 N–H and O–H groups in total. The summed E-state index contributed by atoms with van der Waals surface area (Å²) in [6.07, 6.45) is 35.0. The summed E-state index contributed by atoms with van der Waals surface area (Å²) in [5.74, 6) is -2.37. The van der Waals surface area contributed by atoms with E-state index >= 15 is 0 Å². The Balaban J connectivity index is 3.92. The average Bonchev–Trinajstić information content (AvgIpc) is 3.07. The first-order chi connectivity index (χ1) is 24.5. The Kier molecular flexibility index (Phi) is 33.7. The van der Waals surface area contributed by atoms with E-state index in [1.807, 2.05) is 0 Å². The molecule has 0 aromatic rings. The zero-order chi connectivity index (χ0) is 37.9. The van der Waals surface area contributed by atoms with Crippen LogP contribution < -0.4 is 0 Å². The summed E-state index contributed by atoms with van der Waals surface area (Å²) >= 11 is 0. The second-order valence-corrected chi connectivity index (χ2v) is 17.9. The molecule has 9 nitrogen and oxygen atoms in total. The van der Waals surface area contributed by atoms with Crippen molar-refractivity contribution in [2.75, 3.05) is 5.75 Å². The van der Waals surface area contributed by atoms with Crippen LogP contribution in [-0.2, 0) is 38.7 Å². The van der Waals surface area contributed by atoms with Gasteiger partial charge in [-0.3, -0.25) is 14.1 Å². The number of rotatable bonds is 39. The number of ether oxygens (including phenoxy) is 1. The maximum Gasteiger partial charge on any atom is 0.322 e. The highest BCUT2D eigenvalue weighted by Crippen LogP contribution is 2.18. The summed E-state index contributed by atoms with van der Waals surface area (Å²) in [4.78, 5) is 24.3. The Morgan fingerprint density at radius 3 is 1.08 bits per heavy atom. The monoisotopic (exact) mass is 767 g/mol. The van der Waals surface area contributed by atoms with E-state index < -0.39 is 50.5 Å². The Morgan fingerprint density at radius 1 is 0.451 bits per heavy atom. The molecular weight excluding hydrogens is 689 g/mol. The number of carbonyl (C=O) groups excluding carboxylic acids is 2. The van der Waals surface area contributed by atoms with E-state index in [-0.39, 0.29) is 12.2 Å². The van der Waals surface area contributed by atoms with Crippen molar-refractivity contribution in [1.29, 1.82) is 0 Å². The van der Waals surface area contributed by atoms with Crippen LogP contribution in [0, 0.1) is 0 Å². The number of carbonyl (C=O) groups is 2. The predicted molar refractivity (Wildman–Crippen MR) is 210 cm³/mol. The largest absolute Gasteiger partial charge is 0.443 e. The van der Waals surface area contributed by atoms with Crippen molar-refractivity contribution in [3.8, 4) is 0 Å². The lowest BCUT2D eigenvalue weighted by molar-refractivity contribution is -0.148. The van der Waals surface area contributed by atoms with Gasteiger partial charge in [0.05, 0.1) is 18.6 Å². The molecule has 0 aliphatic heterocycles. The van der Waals surface area contributed by atoms with Crippen LogP contribution in [0.2, 0.25) is 0 Å². The molecule has 0 aliphatic rings. The molecule has 1 unspecified atom stereocenters. The first kappa shape index (κ1) is 49.8. The van der Waals surface area contributed by atoms with Gasteiger partial charge in [0.1, 0.15) is 0 Å². The summed E-state index contributed by atoms with van der Waals surface area (Å²) in [5, 5.41) is 0. The van der Waals surface area contributed by atoms with Crippen LogP contribution >= 0.6 is 0 Å². The van der Waals surface area contributed by atoms with Gasteiger partial charge in [-0.2, -0.15) is 16.8 Å². The van der Waals surface area contributed by atoms with Crippen LogP contribution in [0.3, 0.4) is 0 Å². The number of unbranched alkanes of at least 4 members (excludes halogenated alkanes) is 29. The first-order valence-corrected chi connectivity index (χ1v) is 24.2. The fourth-order valence-electron chi connectivity index (χ4n) is 6.41. The first-order valence-electron chi connectivity index (χ1n) is 21.1. The number of esters is 1. The standard InChI is InChI=1S/C40H78O9S2/c1-3-5-7-9-11-13-15-17-19-21-23-25-27-29-31-33-37-50(43,44)49-39(42)36-35-38(41)48-40(51(45,46)47)34-32-30-28-26-24-22-20-18-16-14-12-10-8-6-4-2/h40H,3-37H2,1-2H3,(H,45,46,47). The van der Waals surface area contributed by atoms with Crippen LogP contribution in [0.25, 0.3) is 0 Å². The van der Waals surface area contributed by atoms with Crippen LogP contribution in [0.1, 0.15) is 232 Å². The van der Waals surface area contributed by atoms with E-state index in [2.05, 4.69) is 18.0 Å². The average molecular weight is 767 g/mol. The highest BCUT2D eigenvalue weighted by atomic mass is 32.2. The number of hydrogen-bond donors (Lipinski definition) is 1. The zero-order valence-electron chi connectivity index (χ0n) is 32.9. The van der Waals surface area contributed by atoms with E-state index in [9.17, 15) is 31.0 Å². The van der Waals surface area contributed by atoms with E-state index in [1.54, 1.807) is 0 Å². The lowest BCUT2D eigenvalue weighted by Crippen LogP contribution is -2.27. The van der Waals surface area contributed by atoms with Gasteiger partial charge in [0.15, 0.2) is 0 Å². The number of hydrogen-bond acceptors (Lipinski definition) is 8. The second kappa shape index (κ2) is 34.6. The zero-order valence-corrected chi connectivity index (χ0v) is 34.5. The van der Waals surface area contributed by atoms with E-state index in [0.717, 1.165) is 51.4 Å². The molecule has 304 valence electrons. The molecule has 0 spiro atoms. The normalized spacial score (nSPS) is 12.6. The molecule has 0 aliphatic carbocycles. The maximum absolute atomic E-state index is 12.2. The van der Waals surface area contributed by atoms with E-state index in [4.69, 9.17) is 4.74 Å². The van der Waals surface area contributed by atoms with Gasteiger partial charge in [-0.15, -0.1) is 0 Å². The van der Waals surface area contributed by atoms with Crippen LogP contribution in [0.5, 0.6) is 0 Å². The minimum atomic E-state index is -4.63. The highest BCUT2D eigenvalue weighted by Gasteiger charge is 2.27. The molecule has 0 rings (SSSR count). The van der Waals surface area contributed by atoms with Gasteiger partial charge in [-0.1, -0.05) is 200 Å². The van der Waals surface area contributed by atoms with E-state index in [0.29, 0.717) is 12.8 Å². The van der Waals surface area contributed by atoms with Crippen molar-refractivity contribution in [3.05, 3.63) is 0 Å². The van der Waals surface area contributed by atoms with Gasteiger partial charge in [0, 0.05) is 6.42 Å². The molecule has 0 radical (unpaired) electrons. The predicted octanol–water partition coefficient (Wildman–Crippen LogP) is 11.9. The molecule has 0 saturated heterocycles. The molecule has 51 heavy (non-hydrogen) atoms. The molecule has 0 heterocycles. The van der Waals surface area contributed by atoms with Crippen molar-refractivity contribution >= 4 is 32.2 Å². The fraction of sp³-hybridized carbons (Fsp3) is 0.950. The molecule has 0 saturated carbocycles. The summed E-state index contributed by atoms with van der Waals surface area (Å²) < 4.78 is 67.0. The molecule has 0 aromatic carbocycles. The van der Waals surface area contributed by atoms with Gasteiger partial charge in [0.25, 0.3) is 0 Å². The molecule has 0 amide bonds. The lowest BCUT2D eigenvalue weighted by Gasteiger charge is -2.15. The third-order valence-corrected chi connectivity index (χ3v) is 11.9. The highest BCUT2D eigenvalue weighted by molar-refractivity contribution is 7.87. The summed E-state index contributed by atoms with van der Waals surface area (Å²) in [7, 11) is -8.70. The molecule has 0 aromatic heterocycles. The van der Waals surface area contributed by atoms with Crippen molar-refractivity contribution in [1.82, 2.24) is 0 Å². The van der Waals surface area contributed by atoms with Gasteiger partial charge >= 0.3 is 32.2 Å². The van der Waals surface area contributed by atoms with Gasteiger partial charge in [-0.25, -0.2) is 0 Å². The Labute approximate surface area is 314 Å². The third kappa shape index (κ3) is 35.6. The summed E-state index contributed by atoms with van der Waals surface area (Å²) in [6.45, 7) is 4.48. The molecular formula is C40H78O9S2. The smallest absolute Gasteiger partial charge is 0.322 e. The van der Waals surface area contributed by atoms with Crippen LogP contribution in [0.4, 0.5) is 0 Å². The van der Waals surface area contributed by atoms with E-state index in [1.165, 1.54) is 135 Å². The minimum Gasteiger partial charge on any atom is -0.443 e. The topological polar surface area (TPSA) is 141 Å². The quantitative estimate of drug-likeness (QED) is 0.0280. The maximum atomic E-state index is 12.2. The van der Waals surface area contributed by atoms with Crippen LogP contribution in [0.15, 0.2) is 0 Å². The van der Waals surface area contributed by atoms with Gasteiger partial charge in [-0.05, 0) is 12.8 Å². The summed E-state index contributed by atoms with van der Waals surface area (Å²) in [5.41, 5.74) is -1.71. The Hall–Kier alpha value is -1.20. The van der Waals surface area contributed by atoms with Crippen molar-refractivity contribution in [2.45, 2.75) is 238 Å². The van der Waals surface area contributed by atoms with Gasteiger partial charge in [0.2, 0.25) is 5.44 Å². The van der Waals surface area contributed by atoms with Crippen molar-refractivity contribution < 1.29 is 39.9 Å². The SMILES string of the molecule is CCCCCCCCCCCCCCCCCCS(=O)(=O)OC(=O)CCC(=O)OC(CCCCCCCCCCCCCCCCC)S(=O)(=O)O. The fourth-order valence-corrected chi connectivity index (χ4v) is 8.11. The molecule has 0 bridgehead atoms. The second-order valence-electron chi connectivity index (χ2n) is 14.7. The Bertz CT molecular complexity index is 1030. The van der Waals surface area contributed by atoms with Crippen LogP contribution in [-0.4, -0.2) is 44.5 Å². The minimum absolute atomic E-state index is 0.0407.